The van der Waals surface area contributed by atoms with Gasteiger partial charge in [-0.2, -0.15) is 0 Å². The van der Waals surface area contributed by atoms with Gasteiger partial charge in [0, 0.05) is 11.5 Å². The van der Waals surface area contributed by atoms with E-state index in [-0.39, 0.29) is 11.5 Å². The van der Waals surface area contributed by atoms with E-state index in [1.165, 1.54) is 24.8 Å². The van der Waals surface area contributed by atoms with E-state index >= 15 is 0 Å². The van der Waals surface area contributed by atoms with Gasteiger partial charge in [-0.05, 0) is 36.2 Å². The van der Waals surface area contributed by atoms with Crippen LogP contribution in [-0.2, 0) is 5.41 Å². The highest BCUT2D eigenvalue weighted by Gasteiger charge is 2.37. The molecule has 0 radical (unpaired) electrons. The van der Waals surface area contributed by atoms with Gasteiger partial charge in [-0.25, -0.2) is 0 Å². The molecule has 1 aliphatic carbocycles. The van der Waals surface area contributed by atoms with Gasteiger partial charge >= 0.3 is 0 Å². The molecule has 19 heavy (non-hydrogen) atoms. The second-order valence-electron chi connectivity index (χ2n) is 7.14. The van der Waals surface area contributed by atoms with Crippen molar-refractivity contribution in [3.8, 4) is 0 Å². The Morgan fingerprint density at radius 2 is 1.68 bits per heavy atom. The zero-order chi connectivity index (χ0) is 14.0. The highest BCUT2D eigenvalue weighted by molar-refractivity contribution is 5.26. The lowest BCUT2D eigenvalue weighted by molar-refractivity contribution is 0.156. The zero-order valence-corrected chi connectivity index (χ0v) is 12.9. The molecule has 1 aliphatic rings. The fourth-order valence-electron chi connectivity index (χ4n) is 3.56. The average molecular weight is 259 g/mol. The predicted octanol–water partition coefficient (Wildman–Crippen LogP) is 4.36. The van der Waals surface area contributed by atoms with Crippen molar-refractivity contribution in [3.63, 3.8) is 0 Å². The highest BCUT2D eigenvalue weighted by Crippen LogP contribution is 2.40. The third kappa shape index (κ3) is 3.02. The second-order valence-corrected chi connectivity index (χ2v) is 7.14. The number of benzene rings is 1. The Labute approximate surface area is 118 Å². The minimum Gasteiger partial charge on any atom is -0.327 e. The summed E-state index contributed by atoms with van der Waals surface area (Å²) in [5.74, 6) is 2.35. The largest absolute Gasteiger partial charge is 0.327 e. The van der Waals surface area contributed by atoms with E-state index in [4.69, 9.17) is 5.73 Å². The van der Waals surface area contributed by atoms with E-state index in [9.17, 15) is 0 Å². The highest BCUT2D eigenvalue weighted by atomic mass is 14.7. The van der Waals surface area contributed by atoms with Crippen molar-refractivity contribution in [1.82, 2.24) is 0 Å². The molecule has 106 valence electrons. The summed E-state index contributed by atoms with van der Waals surface area (Å²) in [6.07, 6.45) is 3.92. The van der Waals surface area contributed by atoms with Crippen LogP contribution >= 0.6 is 0 Å². The second kappa shape index (κ2) is 5.66. The Morgan fingerprint density at radius 1 is 1.05 bits per heavy atom. The van der Waals surface area contributed by atoms with Crippen molar-refractivity contribution < 1.29 is 0 Å². The minimum absolute atomic E-state index is 0.0617. The third-order valence-electron chi connectivity index (χ3n) is 5.50. The van der Waals surface area contributed by atoms with Crippen molar-refractivity contribution in [1.29, 1.82) is 0 Å². The van der Waals surface area contributed by atoms with Crippen LogP contribution in [0, 0.1) is 17.8 Å². The summed E-state index contributed by atoms with van der Waals surface area (Å²) in [5, 5.41) is 0. The molecule has 0 bridgehead atoms. The van der Waals surface area contributed by atoms with E-state index in [1.54, 1.807) is 0 Å². The standard InChI is InChI=1S/C18H29N/c1-13-10-11-15(12-14(13)2)17(19)18(3,4)16-8-6-5-7-9-16/h5-9,13-15,17H,10-12,19H2,1-4H3. The molecule has 0 aliphatic heterocycles. The molecule has 1 fully saturated rings. The third-order valence-corrected chi connectivity index (χ3v) is 5.50. The van der Waals surface area contributed by atoms with Crippen molar-refractivity contribution >= 4 is 0 Å². The van der Waals surface area contributed by atoms with Crippen LogP contribution in [0.25, 0.3) is 0 Å². The maximum Gasteiger partial charge on any atom is 0.0160 e. The molecule has 4 unspecified atom stereocenters. The first-order valence-electron chi connectivity index (χ1n) is 7.74. The maximum absolute atomic E-state index is 6.67. The molecule has 2 N–H and O–H groups in total. The molecule has 4 atom stereocenters. The molecule has 0 amide bonds. The molecule has 1 nitrogen and oxygen atoms in total. The molecule has 2 rings (SSSR count). The Hall–Kier alpha value is -0.820. The topological polar surface area (TPSA) is 26.0 Å². The molecule has 0 aromatic heterocycles. The summed E-state index contributed by atoms with van der Waals surface area (Å²) in [6, 6.07) is 11.0. The van der Waals surface area contributed by atoms with Crippen molar-refractivity contribution in [3.05, 3.63) is 35.9 Å². The lowest BCUT2D eigenvalue weighted by Gasteiger charge is -2.42. The lowest BCUT2D eigenvalue weighted by Crippen LogP contribution is -2.48. The summed E-state index contributed by atoms with van der Waals surface area (Å²) >= 11 is 0. The van der Waals surface area contributed by atoms with Crippen LogP contribution < -0.4 is 5.73 Å². The molecular formula is C18H29N. The van der Waals surface area contributed by atoms with Gasteiger partial charge in [-0.1, -0.05) is 64.4 Å². The molecule has 0 saturated heterocycles. The number of hydrogen-bond donors (Lipinski definition) is 1. The first-order chi connectivity index (χ1) is 8.93. The van der Waals surface area contributed by atoms with Crippen LogP contribution in [0.1, 0.15) is 52.5 Å². The molecule has 1 aromatic rings. The normalized spacial score (nSPS) is 30.1. The lowest BCUT2D eigenvalue weighted by atomic mass is 9.65. The first kappa shape index (κ1) is 14.6. The Morgan fingerprint density at radius 3 is 2.26 bits per heavy atom. The van der Waals surface area contributed by atoms with Gasteiger partial charge in [0.15, 0.2) is 0 Å². The van der Waals surface area contributed by atoms with Gasteiger partial charge in [0.05, 0.1) is 0 Å². The van der Waals surface area contributed by atoms with Crippen LogP contribution in [0.5, 0.6) is 0 Å². The Kier molecular flexibility index (Phi) is 4.35. The monoisotopic (exact) mass is 259 g/mol. The fourth-order valence-corrected chi connectivity index (χ4v) is 3.56. The van der Waals surface area contributed by atoms with Crippen LogP contribution in [0.15, 0.2) is 30.3 Å². The van der Waals surface area contributed by atoms with Gasteiger partial charge in [-0.15, -0.1) is 0 Å². The molecule has 1 aromatic carbocycles. The van der Waals surface area contributed by atoms with E-state index in [1.807, 2.05) is 0 Å². The number of rotatable bonds is 3. The molecular weight excluding hydrogens is 230 g/mol. The summed E-state index contributed by atoms with van der Waals surface area (Å²) in [7, 11) is 0. The minimum atomic E-state index is 0.0617. The van der Waals surface area contributed by atoms with E-state index < -0.39 is 0 Å². The fraction of sp³-hybridized carbons (Fsp3) is 0.667. The smallest absolute Gasteiger partial charge is 0.0160 e. The van der Waals surface area contributed by atoms with Gasteiger partial charge in [0.25, 0.3) is 0 Å². The predicted molar refractivity (Wildman–Crippen MR) is 83.1 cm³/mol. The molecule has 1 heteroatoms. The van der Waals surface area contributed by atoms with Crippen LogP contribution in [0.3, 0.4) is 0 Å². The van der Waals surface area contributed by atoms with Crippen molar-refractivity contribution in [2.24, 2.45) is 23.5 Å². The van der Waals surface area contributed by atoms with Gasteiger partial charge in [0.2, 0.25) is 0 Å². The van der Waals surface area contributed by atoms with Gasteiger partial charge in [0.1, 0.15) is 0 Å². The number of nitrogens with two attached hydrogens (primary N) is 1. The maximum atomic E-state index is 6.67. The van der Waals surface area contributed by atoms with E-state index in [0.717, 1.165) is 11.8 Å². The SMILES string of the molecule is CC1CCC(C(N)C(C)(C)c2ccccc2)CC1C. The average Bonchev–Trinajstić information content (AvgIpc) is 2.42. The summed E-state index contributed by atoms with van der Waals surface area (Å²) in [5.41, 5.74) is 8.10. The Bertz CT molecular complexity index is 395. The van der Waals surface area contributed by atoms with Crippen molar-refractivity contribution in [2.75, 3.05) is 0 Å². The van der Waals surface area contributed by atoms with E-state index in [0.29, 0.717) is 5.92 Å². The molecule has 0 spiro atoms. The summed E-state index contributed by atoms with van der Waals surface area (Å²) in [6.45, 7) is 9.37. The molecule has 0 heterocycles. The molecule has 1 saturated carbocycles. The van der Waals surface area contributed by atoms with Gasteiger partial charge in [-0.3, -0.25) is 0 Å². The van der Waals surface area contributed by atoms with Gasteiger partial charge < -0.3 is 5.73 Å². The van der Waals surface area contributed by atoms with Crippen LogP contribution in [0.4, 0.5) is 0 Å². The first-order valence-corrected chi connectivity index (χ1v) is 7.74. The van der Waals surface area contributed by atoms with E-state index in [2.05, 4.69) is 58.0 Å². The summed E-state index contributed by atoms with van der Waals surface area (Å²) in [4.78, 5) is 0. The summed E-state index contributed by atoms with van der Waals surface area (Å²) < 4.78 is 0. The zero-order valence-electron chi connectivity index (χ0n) is 12.9. The van der Waals surface area contributed by atoms with Crippen LogP contribution in [0.2, 0.25) is 0 Å². The quantitative estimate of drug-likeness (QED) is 0.857. The number of hydrogen-bond acceptors (Lipinski definition) is 1. The van der Waals surface area contributed by atoms with Crippen molar-refractivity contribution in [2.45, 2.75) is 58.4 Å². The Balaban J connectivity index is 2.12. The van der Waals surface area contributed by atoms with Crippen LogP contribution in [-0.4, -0.2) is 6.04 Å².